The van der Waals surface area contributed by atoms with Crippen LogP contribution in [0.25, 0.3) is 0 Å². The number of hydrogen-bond acceptors (Lipinski definition) is 5. The van der Waals surface area contributed by atoms with Crippen molar-refractivity contribution in [3.8, 4) is 5.75 Å². The summed E-state index contributed by atoms with van der Waals surface area (Å²) in [4.78, 5) is 17.4. The summed E-state index contributed by atoms with van der Waals surface area (Å²) >= 11 is 0. The number of nitrogens with zero attached hydrogens (tertiary/aromatic N) is 2. The molecule has 0 unspecified atom stereocenters. The first-order valence-electron chi connectivity index (χ1n) is 6.20. The van der Waals surface area contributed by atoms with Crippen LogP contribution in [0.15, 0.2) is 42.7 Å². The Balaban J connectivity index is 2.27. The Morgan fingerprint density at radius 2 is 2.00 bits per heavy atom. The van der Waals surface area contributed by atoms with E-state index in [-0.39, 0.29) is 11.3 Å². The Bertz CT molecular complexity index is 808. The van der Waals surface area contributed by atoms with Gasteiger partial charge in [0.05, 0.1) is 11.8 Å². The minimum atomic E-state index is -5.16. The summed E-state index contributed by atoms with van der Waals surface area (Å²) in [5, 5.41) is 0. The number of benzene rings is 1. The van der Waals surface area contributed by atoms with Crippen molar-refractivity contribution >= 4 is 22.1 Å². The fourth-order valence-corrected chi connectivity index (χ4v) is 2.16. The lowest BCUT2D eigenvalue weighted by atomic mass is 10.2. The van der Waals surface area contributed by atoms with Gasteiger partial charge in [-0.1, -0.05) is 16.0 Å². The van der Waals surface area contributed by atoms with E-state index in [0.29, 0.717) is 5.69 Å². The molecule has 0 saturated carbocycles. The number of carbonyl (C=O) groups excluding carboxylic acids is 1. The monoisotopic (exact) mass is 324 g/mol. The van der Waals surface area contributed by atoms with E-state index in [0.717, 1.165) is 17.8 Å². The summed E-state index contributed by atoms with van der Waals surface area (Å²) in [6.07, 6.45) is 2.24. The lowest BCUT2D eigenvalue weighted by Crippen LogP contribution is -2.26. The standard InChI is InChI=1S/C14H13FN2O4S/c1-10-4-3-5-12(6-10)17(2)14(18)11-7-13(9-16-8-11)21-22(15,19)20/h3-9H,1-2H3. The summed E-state index contributed by atoms with van der Waals surface area (Å²) in [6, 6.07) is 8.38. The predicted molar refractivity (Wildman–Crippen MR) is 78.8 cm³/mol. The second-order valence-electron chi connectivity index (χ2n) is 4.59. The second-order valence-corrected chi connectivity index (χ2v) is 5.54. The fraction of sp³-hybridized carbons (Fsp3) is 0.143. The fourth-order valence-electron chi connectivity index (χ4n) is 1.84. The molecule has 2 aromatic rings. The van der Waals surface area contributed by atoms with Gasteiger partial charge in [0.1, 0.15) is 0 Å². The van der Waals surface area contributed by atoms with Gasteiger partial charge in [0.2, 0.25) is 0 Å². The van der Waals surface area contributed by atoms with Crippen molar-refractivity contribution in [1.29, 1.82) is 0 Å². The van der Waals surface area contributed by atoms with Gasteiger partial charge in [-0.3, -0.25) is 9.78 Å². The third kappa shape index (κ3) is 4.01. The van der Waals surface area contributed by atoms with Crippen molar-refractivity contribution in [2.75, 3.05) is 11.9 Å². The maximum atomic E-state index is 12.5. The average molecular weight is 324 g/mol. The quantitative estimate of drug-likeness (QED) is 0.806. The Morgan fingerprint density at radius 1 is 1.27 bits per heavy atom. The van der Waals surface area contributed by atoms with Gasteiger partial charge in [0.15, 0.2) is 5.75 Å². The summed E-state index contributed by atoms with van der Waals surface area (Å²) in [5.41, 5.74) is 1.72. The van der Waals surface area contributed by atoms with Crippen molar-refractivity contribution in [1.82, 2.24) is 4.98 Å². The van der Waals surface area contributed by atoms with E-state index in [2.05, 4.69) is 9.17 Å². The van der Waals surface area contributed by atoms with Gasteiger partial charge >= 0.3 is 10.5 Å². The Kier molecular flexibility index (Phi) is 4.41. The zero-order valence-electron chi connectivity index (χ0n) is 11.9. The van der Waals surface area contributed by atoms with Crippen LogP contribution in [0.3, 0.4) is 0 Å². The molecule has 0 fully saturated rings. The van der Waals surface area contributed by atoms with Gasteiger partial charge in [-0.2, -0.15) is 8.42 Å². The number of pyridine rings is 1. The number of anilines is 1. The molecule has 1 amide bonds. The van der Waals surface area contributed by atoms with Crippen molar-refractivity contribution in [2.45, 2.75) is 6.92 Å². The highest BCUT2D eigenvalue weighted by Gasteiger charge is 2.17. The number of rotatable bonds is 4. The molecule has 0 radical (unpaired) electrons. The molecule has 1 heterocycles. The molecule has 0 aliphatic rings. The van der Waals surface area contributed by atoms with E-state index in [4.69, 9.17) is 0 Å². The minimum absolute atomic E-state index is 0.0742. The molecule has 2 rings (SSSR count). The first-order valence-corrected chi connectivity index (χ1v) is 7.51. The summed E-state index contributed by atoms with van der Waals surface area (Å²) in [7, 11) is -3.60. The molecule has 116 valence electrons. The summed E-state index contributed by atoms with van der Waals surface area (Å²) < 4.78 is 37.5. The van der Waals surface area contributed by atoms with E-state index in [9.17, 15) is 17.1 Å². The number of amides is 1. The third-order valence-electron chi connectivity index (χ3n) is 2.85. The third-order valence-corrected chi connectivity index (χ3v) is 3.24. The maximum absolute atomic E-state index is 12.5. The Hall–Kier alpha value is -2.48. The normalized spacial score (nSPS) is 11.0. The highest BCUT2D eigenvalue weighted by Crippen LogP contribution is 2.19. The molecule has 0 bridgehead atoms. The van der Waals surface area contributed by atoms with Crippen LogP contribution in [0.5, 0.6) is 5.75 Å². The van der Waals surface area contributed by atoms with Crippen molar-refractivity contribution in [3.63, 3.8) is 0 Å². The van der Waals surface area contributed by atoms with Crippen LogP contribution < -0.4 is 9.08 Å². The molecule has 0 N–H and O–H groups in total. The molecule has 22 heavy (non-hydrogen) atoms. The van der Waals surface area contributed by atoms with Crippen LogP contribution in [-0.2, 0) is 10.5 Å². The van der Waals surface area contributed by atoms with E-state index >= 15 is 0 Å². The molecule has 0 spiro atoms. The number of halogens is 1. The highest BCUT2D eigenvalue weighted by atomic mass is 32.3. The van der Waals surface area contributed by atoms with E-state index in [1.54, 1.807) is 13.1 Å². The first kappa shape index (κ1) is 15.9. The smallest absolute Gasteiger partial charge is 0.357 e. The van der Waals surface area contributed by atoms with Crippen molar-refractivity contribution in [3.05, 3.63) is 53.9 Å². The minimum Gasteiger partial charge on any atom is -0.357 e. The first-order chi connectivity index (χ1) is 10.3. The number of hydrogen-bond donors (Lipinski definition) is 0. The zero-order valence-corrected chi connectivity index (χ0v) is 12.7. The largest absolute Gasteiger partial charge is 0.488 e. The number of aryl methyl sites for hydroxylation is 1. The van der Waals surface area contributed by atoms with Crippen molar-refractivity contribution in [2.24, 2.45) is 0 Å². The average Bonchev–Trinajstić information content (AvgIpc) is 2.44. The van der Waals surface area contributed by atoms with Crippen molar-refractivity contribution < 1.29 is 21.3 Å². The van der Waals surface area contributed by atoms with E-state index in [1.165, 1.54) is 11.1 Å². The van der Waals surface area contributed by atoms with Crippen LogP contribution >= 0.6 is 0 Å². The molecular weight excluding hydrogens is 311 g/mol. The molecule has 0 aliphatic heterocycles. The molecule has 0 atom stereocenters. The maximum Gasteiger partial charge on any atom is 0.488 e. The van der Waals surface area contributed by atoms with Crippen LogP contribution in [0.1, 0.15) is 15.9 Å². The van der Waals surface area contributed by atoms with E-state index in [1.807, 2.05) is 25.1 Å². The van der Waals surface area contributed by atoms with Crippen LogP contribution in [0.4, 0.5) is 9.57 Å². The van der Waals surface area contributed by atoms with Gasteiger partial charge in [0.25, 0.3) is 5.91 Å². The molecule has 1 aromatic heterocycles. The number of carbonyl (C=O) groups is 1. The molecule has 6 nitrogen and oxygen atoms in total. The van der Waals surface area contributed by atoms with E-state index < -0.39 is 16.4 Å². The van der Waals surface area contributed by atoms with Gasteiger partial charge in [0, 0.05) is 18.9 Å². The molecule has 0 saturated heterocycles. The highest BCUT2D eigenvalue weighted by molar-refractivity contribution is 7.81. The lowest BCUT2D eigenvalue weighted by Gasteiger charge is -2.17. The van der Waals surface area contributed by atoms with Crippen LogP contribution in [0, 0.1) is 6.92 Å². The zero-order chi connectivity index (χ0) is 16.3. The molecule has 0 aliphatic carbocycles. The van der Waals surface area contributed by atoms with Crippen LogP contribution in [0.2, 0.25) is 0 Å². The van der Waals surface area contributed by atoms with Crippen LogP contribution in [-0.4, -0.2) is 26.4 Å². The second kappa shape index (κ2) is 6.10. The topological polar surface area (TPSA) is 76.6 Å². The molecule has 1 aromatic carbocycles. The van der Waals surface area contributed by atoms with Gasteiger partial charge in [-0.05, 0) is 30.7 Å². The summed E-state index contributed by atoms with van der Waals surface area (Å²) in [6.45, 7) is 1.89. The molecular formula is C14H13FN2O4S. The Labute approximate surface area is 127 Å². The van der Waals surface area contributed by atoms with Gasteiger partial charge in [-0.25, -0.2) is 0 Å². The van der Waals surface area contributed by atoms with Gasteiger partial charge in [-0.15, -0.1) is 0 Å². The van der Waals surface area contributed by atoms with Gasteiger partial charge < -0.3 is 9.08 Å². The lowest BCUT2D eigenvalue weighted by molar-refractivity contribution is 0.0992. The predicted octanol–water partition coefficient (Wildman–Crippen LogP) is 2.26. The molecule has 8 heteroatoms. The Morgan fingerprint density at radius 3 is 2.64 bits per heavy atom. The SMILES string of the molecule is Cc1cccc(N(C)C(=O)c2cncc(OS(=O)(=O)F)c2)c1. The number of aromatic nitrogens is 1. The summed E-state index contributed by atoms with van der Waals surface area (Å²) in [5.74, 6) is -0.800.